The average Bonchev–Trinajstić information content (AvgIpc) is 3.34. The highest BCUT2D eigenvalue weighted by atomic mass is 127. The third kappa shape index (κ3) is 2.93. The lowest BCUT2D eigenvalue weighted by Crippen LogP contribution is -2.67. The minimum absolute atomic E-state index is 0.0350. The van der Waals surface area contributed by atoms with Gasteiger partial charge in [0.1, 0.15) is 3.57 Å². The second-order valence-corrected chi connectivity index (χ2v) is 9.63. The SMILES string of the molecule is CC[C@@](O)([C@H]1CCN1c1cnn(S(=O)(=O)C2CC2)c(=O)c1I)C(F)(F)F. The lowest BCUT2D eigenvalue weighted by atomic mass is 9.82. The van der Waals surface area contributed by atoms with Crippen LogP contribution in [-0.4, -0.2) is 52.3 Å². The van der Waals surface area contributed by atoms with E-state index in [1.165, 1.54) is 11.8 Å². The van der Waals surface area contributed by atoms with Gasteiger partial charge >= 0.3 is 6.18 Å². The zero-order chi connectivity index (χ0) is 19.5. The van der Waals surface area contributed by atoms with Crippen molar-refractivity contribution in [2.75, 3.05) is 11.4 Å². The van der Waals surface area contributed by atoms with Gasteiger partial charge in [0.2, 0.25) is 0 Å². The number of anilines is 1. The molecule has 0 radical (unpaired) electrons. The molecule has 0 aromatic carbocycles. The zero-order valence-electron chi connectivity index (χ0n) is 13.7. The highest BCUT2D eigenvalue weighted by molar-refractivity contribution is 14.1. The molecule has 1 aromatic heterocycles. The van der Waals surface area contributed by atoms with Crippen LogP contribution in [0.15, 0.2) is 11.0 Å². The molecule has 1 saturated heterocycles. The first-order valence-electron chi connectivity index (χ1n) is 8.03. The van der Waals surface area contributed by atoms with Crippen LogP contribution in [0.4, 0.5) is 18.9 Å². The fraction of sp³-hybridized carbons (Fsp3) is 0.714. The maximum atomic E-state index is 13.3. The third-order valence-corrected chi connectivity index (χ3v) is 8.04. The van der Waals surface area contributed by atoms with E-state index < -0.39 is 45.1 Å². The maximum absolute atomic E-state index is 13.3. The van der Waals surface area contributed by atoms with Gasteiger partial charge in [0, 0.05) is 6.54 Å². The molecule has 2 fully saturated rings. The molecule has 1 saturated carbocycles. The number of hydrogen-bond donors (Lipinski definition) is 1. The Morgan fingerprint density at radius 3 is 2.38 bits per heavy atom. The van der Waals surface area contributed by atoms with Gasteiger partial charge in [0.25, 0.3) is 15.6 Å². The Morgan fingerprint density at radius 2 is 1.96 bits per heavy atom. The van der Waals surface area contributed by atoms with Gasteiger partial charge in [-0.15, -0.1) is 4.09 Å². The summed E-state index contributed by atoms with van der Waals surface area (Å²) in [5.41, 5.74) is -3.69. The first-order valence-corrected chi connectivity index (χ1v) is 10.6. The van der Waals surface area contributed by atoms with E-state index >= 15 is 0 Å². The maximum Gasteiger partial charge on any atom is 0.419 e. The minimum atomic E-state index is -4.83. The molecule has 2 heterocycles. The van der Waals surface area contributed by atoms with Crippen molar-refractivity contribution >= 4 is 38.3 Å². The largest absolute Gasteiger partial charge is 0.419 e. The van der Waals surface area contributed by atoms with Gasteiger partial charge in [-0.2, -0.15) is 18.3 Å². The first-order chi connectivity index (χ1) is 11.9. The molecule has 12 heteroatoms. The summed E-state index contributed by atoms with van der Waals surface area (Å²) in [6, 6.07) is -1.25. The van der Waals surface area contributed by atoms with Gasteiger partial charge in [-0.3, -0.25) is 4.79 Å². The molecule has 2 aliphatic rings. The summed E-state index contributed by atoms with van der Waals surface area (Å²) in [7, 11) is -3.88. The molecule has 1 aromatic rings. The Balaban J connectivity index is 1.98. The zero-order valence-corrected chi connectivity index (χ0v) is 16.7. The Morgan fingerprint density at radius 1 is 1.35 bits per heavy atom. The Kier molecular flexibility index (Phi) is 4.83. The quantitative estimate of drug-likeness (QED) is 0.608. The van der Waals surface area contributed by atoms with E-state index in [2.05, 4.69) is 5.10 Å². The summed E-state index contributed by atoms with van der Waals surface area (Å²) in [5, 5.41) is 13.2. The van der Waals surface area contributed by atoms with Crippen molar-refractivity contribution in [1.29, 1.82) is 0 Å². The van der Waals surface area contributed by atoms with Gasteiger partial charge in [-0.1, -0.05) is 6.92 Å². The van der Waals surface area contributed by atoms with Crippen molar-refractivity contribution in [2.45, 2.75) is 55.7 Å². The molecule has 2 atom stereocenters. The molecule has 0 amide bonds. The normalized spacial score (nSPS) is 23.5. The number of alkyl halides is 3. The molecule has 0 unspecified atom stereocenters. The standard InChI is InChI=1S/C14H17F3IN3O4S/c1-2-13(23,14(15,16)17)10-5-6-20(10)9-7-19-21(12(22)11(9)18)26(24,25)8-3-4-8/h7-8,10,23H,2-6H2,1H3/t10-,13-/m1/s1. The molecular formula is C14H17F3IN3O4S. The van der Waals surface area contributed by atoms with Gasteiger partial charge < -0.3 is 10.0 Å². The predicted molar refractivity (Wildman–Crippen MR) is 95.6 cm³/mol. The van der Waals surface area contributed by atoms with E-state index in [9.17, 15) is 31.5 Å². The number of aliphatic hydroxyl groups is 1. The van der Waals surface area contributed by atoms with Crippen LogP contribution >= 0.6 is 22.6 Å². The van der Waals surface area contributed by atoms with Crippen LogP contribution in [0.25, 0.3) is 0 Å². The summed E-state index contributed by atoms with van der Waals surface area (Å²) in [4.78, 5) is 13.7. The van der Waals surface area contributed by atoms with Gasteiger partial charge in [-0.25, -0.2) is 8.42 Å². The molecule has 1 N–H and O–H groups in total. The Bertz CT molecular complexity index is 884. The lowest BCUT2D eigenvalue weighted by Gasteiger charge is -2.51. The summed E-state index contributed by atoms with van der Waals surface area (Å²) in [6.07, 6.45) is -3.26. The van der Waals surface area contributed by atoms with Crippen molar-refractivity contribution in [3.05, 3.63) is 20.1 Å². The summed E-state index contributed by atoms with van der Waals surface area (Å²) in [5.74, 6) is 0. The molecule has 3 rings (SSSR count). The van der Waals surface area contributed by atoms with Crippen LogP contribution in [0.2, 0.25) is 0 Å². The smallest absolute Gasteiger partial charge is 0.379 e. The van der Waals surface area contributed by atoms with Crippen molar-refractivity contribution in [3.8, 4) is 0 Å². The number of nitrogens with zero attached hydrogens (tertiary/aromatic N) is 3. The summed E-state index contributed by atoms with van der Waals surface area (Å²) in [6.45, 7) is 1.45. The van der Waals surface area contributed by atoms with Crippen LogP contribution in [0.3, 0.4) is 0 Å². The molecule has 0 bridgehead atoms. The van der Waals surface area contributed by atoms with E-state index in [1.54, 1.807) is 22.6 Å². The van der Waals surface area contributed by atoms with E-state index in [4.69, 9.17) is 0 Å². The highest BCUT2D eigenvalue weighted by Crippen LogP contribution is 2.44. The molecule has 146 valence electrons. The van der Waals surface area contributed by atoms with Crippen LogP contribution in [-0.2, 0) is 10.0 Å². The fourth-order valence-corrected chi connectivity index (χ4v) is 5.45. The van der Waals surface area contributed by atoms with Crippen LogP contribution in [0.5, 0.6) is 0 Å². The molecule has 26 heavy (non-hydrogen) atoms. The molecule has 1 aliphatic heterocycles. The minimum Gasteiger partial charge on any atom is -0.379 e. The number of halogens is 4. The Hall–Kier alpha value is -0.890. The summed E-state index contributed by atoms with van der Waals surface area (Å²) >= 11 is 1.62. The van der Waals surface area contributed by atoms with E-state index in [-0.39, 0.29) is 22.2 Å². The highest BCUT2D eigenvalue weighted by Gasteiger charge is 2.61. The fourth-order valence-electron chi connectivity index (χ4n) is 3.10. The lowest BCUT2D eigenvalue weighted by molar-refractivity contribution is -0.273. The van der Waals surface area contributed by atoms with Crippen LogP contribution in [0, 0.1) is 3.57 Å². The second kappa shape index (κ2) is 6.33. The first kappa shape index (κ1) is 19.9. The molecule has 0 spiro atoms. The summed E-state index contributed by atoms with van der Waals surface area (Å²) < 4.78 is 64.8. The van der Waals surface area contributed by atoms with E-state index in [1.807, 2.05) is 0 Å². The van der Waals surface area contributed by atoms with Crippen molar-refractivity contribution < 1.29 is 26.7 Å². The van der Waals surface area contributed by atoms with E-state index in [0.717, 1.165) is 6.20 Å². The van der Waals surface area contributed by atoms with Gasteiger partial charge in [0.15, 0.2) is 5.60 Å². The third-order valence-electron chi connectivity index (χ3n) is 4.97. The molecular weight excluding hydrogens is 490 g/mol. The van der Waals surface area contributed by atoms with Crippen LogP contribution < -0.4 is 10.5 Å². The van der Waals surface area contributed by atoms with Crippen molar-refractivity contribution in [2.24, 2.45) is 0 Å². The van der Waals surface area contributed by atoms with Gasteiger partial charge in [0.05, 0.1) is 23.2 Å². The van der Waals surface area contributed by atoms with Gasteiger partial charge in [-0.05, 0) is 48.3 Å². The van der Waals surface area contributed by atoms with Crippen LogP contribution in [0.1, 0.15) is 32.6 Å². The Labute approximate surface area is 161 Å². The number of aromatic nitrogens is 2. The van der Waals surface area contributed by atoms with E-state index in [0.29, 0.717) is 16.9 Å². The topological polar surface area (TPSA) is 92.5 Å². The predicted octanol–water partition coefficient (Wildman–Crippen LogP) is 1.47. The number of rotatable bonds is 5. The van der Waals surface area contributed by atoms with Crippen molar-refractivity contribution in [3.63, 3.8) is 0 Å². The number of hydrogen-bond acceptors (Lipinski definition) is 6. The second-order valence-electron chi connectivity index (χ2n) is 6.51. The average molecular weight is 507 g/mol. The molecule has 7 nitrogen and oxygen atoms in total. The molecule has 1 aliphatic carbocycles. The van der Waals surface area contributed by atoms with Crippen molar-refractivity contribution in [1.82, 2.24) is 9.19 Å². The monoisotopic (exact) mass is 507 g/mol.